The van der Waals surface area contributed by atoms with Crippen LogP contribution in [0.25, 0.3) is 0 Å². The molecular formula is C24H27N5O3. The summed E-state index contributed by atoms with van der Waals surface area (Å²) in [6, 6.07) is 9.19. The summed E-state index contributed by atoms with van der Waals surface area (Å²) >= 11 is 0. The molecule has 8 nitrogen and oxygen atoms in total. The minimum atomic E-state index is -0.194. The Morgan fingerprint density at radius 1 is 0.969 bits per heavy atom. The second-order valence-corrected chi connectivity index (χ2v) is 7.96. The number of piperazine rings is 1. The molecular weight excluding hydrogens is 406 g/mol. The molecule has 8 heteroatoms. The third-order valence-electron chi connectivity index (χ3n) is 5.82. The molecule has 1 fully saturated rings. The van der Waals surface area contributed by atoms with E-state index in [2.05, 4.69) is 20.2 Å². The van der Waals surface area contributed by atoms with Crippen LogP contribution in [0.2, 0.25) is 0 Å². The van der Waals surface area contributed by atoms with Gasteiger partial charge in [-0.2, -0.15) is 0 Å². The monoisotopic (exact) mass is 433 g/mol. The number of carbonyl (C=O) groups is 2. The highest BCUT2D eigenvalue weighted by molar-refractivity contribution is 6.06. The van der Waals surface area contributed by atoms with E-state index in [1.54, 1.807) is 25.4 Å². The van der Waals surface area contributed by atoms with Crippen LogP contribution in [0.5, 0.6) is 0 Å². The molecule has 1 N–H and O–H groups in total. The molecule has 2 aromatic heterocycles. The van der Waals surface area contributed by atoms with Crippen molar-refractivity contribution in [3.05, 3.63) is 70.9 Å². The van der Waals surface area contributed by atoms with Gasteiger partial charge in [0.2, 0.25) is 11.9 Å². The molecule has 0 saturated carbocycles. The summed E-state index contributed by atoms with van der Waals surface area (Å²) in [5, 5.41) is 2.91. The number of anilines is 2. The van der Waals surface area contributed by atoms with E-state index in [4.69, 9.17) is 4.42 Å². The van der Waals surface area contributed by atoms with Crippen molar-refractivity contribution in [3.8, 4) is 0 Å². The smallest absolute Gasteiger partial charge is 0.259 e. The van der Waals surface area contributed by atoms with Crippen molar-refractivity contribution in [3.63, 3.8) is 0 Å². The highest BCUT2D eigenvalue weighted by Crippen LogP contribution is 2.22. The Bertz CT molecular complexity index is 1100. The van der Waals surface area contributed by atoms with Crippen LogP contribution in [0.1, 0.15) is 33.0 Å². The zero-order valence-electron chi connectivity index (χ0n) is 18.6. The Kier molecular flexibility index (Phi) is 6.20. The molecule has 0 bridgehead atoms. The zero-order chi connectivity index (χ0) is 22.7. The molecule has 2 amide bonds. The summed E-state index contributed by atoms with van der Waals surface area (Å²) in [5.41, 5.74) is 3.01. The number of hydrogen-bond acceptors (Lipinski definition) is 6. The molecule has 166 valence electrons. The third-order valence-corrected chi connectivity index (χ3v) is 5.82. The van der Waals surface area contributed by atoms with E-state index in [-0.39, 0.29) is 11.8 Å². The normalized spacial score (nSPS) is 13.8. The third kappa shape index (κ3) is 4.64. The van der Waals surface area contributed by atoms with Gasteiger partial charge >= 0.3 is 0 Å². The number of benzene rings is 1. The molecule has 0 spiro atoms. The number of nitrogens with zero attached hydrogens (tertiary/aromatic N) is 4. The van der Waals surface area contributed by atoms with Gasteiger partial charge in [0, 0.05) is 49.8 Å². The van der Waals surface area contributed by atoms with E-state index in [1.165, 1.54) is 0 Å². The summed E-state index contributed by atoms with van der Waals surface area (Å²) in [4.78, 5) is 37.9. The fraction of sp³-hybridized carbons (Fsp3) is 0.333. The fourth-order valence-electron chi connectivity index (χ4n) is 3.92. The predicted octanol–water partition coefficient (Wildman–Crippen LogP) is 3.14. The highest BCUT2D eigenvalue weighted by atomic mass is 16.3. The number of aryl methyl sites for hydroxylation is 2. The topological polar surface area (TPSA) is 91.6 Å². The lowest BCUT2D eigenvalue weighted by molar-refractivity contribution is -0.130. The standard InChI is InChI=1S/C24H27N5O3/c1-16-17(2)32-18(3)22(16)23(31)27-20-7-5-19(6-8-20)15-21(30)28-11-13-29(14-12-28)24-25-9-4-10-26-24/h4-10H,11-15H2,1-3H3,(H,27,31). The van der Waals surface area contributed by atoms with E-state index in [1.807, 2.05) is 43.0 Å². The predicted molar refractivity (Wildman–Crippen MR) is 122 cm³/mol. The number of nitrogens with one attached hydrogen (secondary N) is 1. The Morgan fingerprint density at radius 3 is 2.22 bits per heavy atom. The molecule has 0 atom stereocenters. The van der Waals surface area contributed by atoms with Crippen molar-refractivity contribution in [2.45, 2.75) is 27.2 Å². The first-order valence-corrected chi connectivity index (χ1v) is 10.7. The van der Waals surface area contributed by atoms with Crippen LogP contribution in [0.4, 0.5) is 11.6 Å². The molecule has 1 saturated heterocycles. The van der Waals surface area contributed by atoms with Crippen LogP contribution >= 0.6 is 0 Å². The van der Waals surface area contributed by atoms with Crippen LogP contribution in [-0.4, -0.2) is 52.9 Å². The zero-order valence-corrected chi connectivity index (χ0v) is 18.6. The summed E-state index contributed by atoms with van der Waals surface area (Å²) < 4.78 is 5.54. The molecule has 1 aliphatic heterocycles. The van der Waals surface area contributed by atoms with Crippen LogP contribution in [0.3, 0.4) is 0 Å². The van der Waals surface area contributed by atoms with Crippen LogP contribution in [0, 0.1) is 20.8 Å². The van der Waals surface area contributed by atoms with Gasteiger partial charge in [-0.25, -0.2) is 9.97 Å². The van der Waals surface area contributed by atoms with Gasteiger partial charge in [-0.15, -0.1) is 0 Å². The first-order chi connectivity index (χ1) is 15.4. The number of hydrogen-bond donors (Lipinski definition) is 1. The minimum Gasteiger partial charge on any atom is -0.466 e. The van der Waals surface area contributed by atoms with Crippen LogP contribution < -0.4 is 10.2 Å². The number of aromatic nitrogens is 2. The van der Waals surface area contributed by atoms with Gasteiger partial charge in [0.05, 0.1) is 12.0 Å². The van der Waals surface area contributed by atoms with Crippen molar-refractivity contribution in [1.29, 1.82) is 0 Å². The fourth-order valence-corrected chi connectivity index (χ4v) is 3.92. The maximum Gasteiger partial charge on any atom is 0.259 e. The van der Waals surface area contributed by atoms with Gasteiger partial charge in [-0.05, 0) is 44.5 Å². The van der Waals surface area contributed by atoms with Crippen molar-refractivity contribution < 1.29 is 14.0 Å². The van der Waals surface area contributed by atoms with Gasteiger partial charge in [-0.3, -0.25) is 9.59 Å². The average molecular weight is 434 g/mol. The lowest BCUT2D eigenvalue weighted by Crippen LogP contribution is -2.49. The maximum absolute atomic E-state index is 12.7. The lowest BCUT2D eigenvalue weighted by atomic mass is 10.1. The first kappa shape index (κ1) is 21.5. The number of carbonyl (C=O) groups excluding carboxylic acids is 2. The molecule has 4 rings (SSSR count). The highest BCUT2D eigenvalue weighted by Gasteiger charge is 2.23. The molecule has 3 heterocycles. The quantitative estimate of drug-likeness (QED) is 0.665. The lowest BCUT2D eigenvalue weighted by Gasteiger charge is -2.34. The van der Waals surface area contributed by atoms with E-state index in [0.717, 1.165) is 16.9 Å². The van der Waals surface area contributed by atoms with Crippen LogP contribution in [-0.2, 0) is 11.2 Å². The molecule has 32 heavy (non-hydrogen) atoms. The summed E-state index contributed by atoms with van der Waals surface area (Å²) in [7, 11) is 0. The van der Waals surface area contributed by atoms with Crippen molar-refractivity contribution in [2.75, 3.05) is 36.4 Å². The Balaban J connectivity index is 1.31. The summed E-state index contributed by atoms with van der Waals surface area (Å²) in [6.45, 7) is 8.24. The number of amides is 2. The molecule has 1 aromatic carbocycles. The summed E-state index contributed by atoms with van der Waals surface area (Å²) in [5.74, 6) is 1.96. The van der Waals surface area contributed by atoms with Gasteiger partial charge in [0.25, 0.3) is 5.91 Å². The van der Waals surface area contributed by atoms with E-state index >= 15 is 0 Å². The van der Waals surface area contributed by atoms with Gasteiger partial charge in [0.1, 0.15) is 11.5 Å². The van der Waals surface area contributed by atoms with Crippen molar-refractivity contribution in [1.82, 2.24) is 14.9 Å². The van der Waals surface area contributed by atoms with Crippen molar-refractivity contribution in [2.24, 2.45) is 0 Å². The Hall–Kier alpha value is -3.68. The van der Waals surface area contributed by atoms with Gasteiger partial charge in [-0.1, -0.05) is 12.1 Å². The largest absolute Gasteiger partial charge is 0.466 e. The van der Waals surface area contributed by atoms with Crippen molar-refractivity contribution >= 4 is 23.5 Å². The van der Waals surface area contributed by atoms with Crippen LogP contribution in [0.15, 0.2) is 47.1 Å². The first-order valence-electron chi connectivity index (χ1n) is 10.7. The second-order valence-electron chi connectivity index (χ2n) is 7.96. The molecule has 0 unspecified atom stereocenters. The average Bonchev–Trinajstić information content (AvgIpc) is 3.07. The van der Waals surface area contributed by atoms with E-state index in [0.29, 0.717) is 55.6 Å². The Morgan fingerprint density at radius 2 is 1.62 bits per heavy atom. The summed E-state index contributed by atoms with van der Waals surface area (Å²) in [6.07, 6.45) is 3.78. The molecule has 0 aliphatic carbocycles. The number of furan rings is 1. The molecule has 3 aromatic rings. The van der Waals surface area contributed by atoms with E-state index < -0.39 is 0 Å². The van der Waals surface area contributed by atoms with Gasteiger partial charge < -0.3 is 19.5 Å². The molecule has 0 radical (unpaired) electrons. The minimum absolute atomic E-state index is 0.0931. The van der Waals surface area contributed by atoms with E-state index in [9.17, 15) is 9.59 Å². The number of rotatable bonds is 5. The SMILES string of the molecule is Cc1oc(C)c(C(=O)Nc2ccc(CC(=O)N3CCN(c4ncccn4)CC3)cc2)c1C. The van der Waals surface area contributed by atoms with Gasteiger partial charge in [0.15, 0.2) is 0 Å². The second kappa shape index (κ2) is 9.21. The maximum atomic E-state index is 12.7. The Labute approximate surface area is 187 Å². The molecule has 1 aliphatic rings.